The van der Waals surface area contributed by atoms with Gasteiger partial charge in [0.05, 0.1) is 35.4 Å². The summed E-state index contributed by atoms with van der Waals surface area (Å²) in [5, 5.41) is 25.8. The Morgan fingerprint density at radius 3 is 2.18 bits per heavy atom. The summed E-state index contributed by atoms with van der Waals surface area (Å²) in [6.45, 7) is 25.7. The Bertz CT molecular complexity index is 2150. The topological polar surface area (TPSA) is 175 Å². The first kappa shape index (κ1) is 48.6. The number of aliphatic hydroxyl groups is 1. The smallest absolute Gasteiger partial charge is 0.309 e. The summed E-state index contributed by atoms with van der Waals surface area (Å²) < 4.78 is 6.43. The van der Waals surface area contributed by atoms with Gasteiger partial charge >= 0.3 is 11.9 Å². The van der Waals surface area contributed by atoms with E-state index in [4.69, 9.17) is 4.74 Å². The fourth-order valence-electron chi connectivity index (χ4n) is 16.0. The third kappa shape index (κ3) is 7.83. The van der Waals surface area contributed by atoms with Crippen LogP contribution in [0.2, 0.25) is 0 Å². The summed E-state index contributed by atoms with van der Waals surface area (Å²) in [6, 6.07) is 3.62. The van der Waals surface area contributed by atoms with E-state index < -0.39 is 34.2 Å². The number of carbonyl (C=O) groups excluding carboxylic acids is 4. The number of Topliss-reactive ketones (excluding diaryl/α,β-unsaturated/α-hetero) is 1. The van der Waals surface area contributed by atoms with Gasteiger partial charge in [0.2, 0.25) is 5.91 Å². The van der Waals surface area contributed by atoms with Crippen LogP contribution in [0.4, 0.5) is 5.69 Å². The van der Waals surface area contributed by atoms with Gasteiger partial charge in [-0.15, -0.1) is 0 Å². The molecule has 7 aliphatic rings. The van der Waals surface area contributed by atoms with Crippen molar-refractivity contribution in [1.29, 1.82) is 0 Å². The zero-order valence-electron chi connectivity index (χ0n) is 41.9. The highest BCUT2D eigenvalue weighted by atomic mass is 16.5. The van der Waals surface area contributed by atoms with E-state index in [1.807, 2.05) is 33.8 Å². The van der Waals surface area contributed by atoms with Gasteiger partial charge in [0.25, 0.3) is 5.91 Å². The van der Waals surface area contributed by atoms with Gasteiger partial charge in [0.15, 0.2) is 5.78 Å². The molecular formula is C54H80N4O8. The van der Waals surface area contributed by atoms with Crippen LogP contribution < -0.4 is 15.5 Å². The number of fused-ring (bicyclic) bond motifs is 7. The first-order valence-corrected chi connectivity index (χ1v) is 25.4. The molecule has 1 aromatic rings. The lowest BCUT2D eigenvalue weighted by Crippen LogP contribution is -2.66. The molecule has 4 N–H and O–H groups in total. The number of allylic oxidation sites excluding steroid dienone is 2. The van der Waals surface area contributed by atoms with Crippen LogP contribution in [0.25, 0.3) is 0 Å². The highest BCUT2D eigenvalue weighted by Crippen LogP contribution is 2.77. The number of nitrogens with zero attached hydrogens (tertiary/aromatic N) is 2. The number of carbonyl (C=O) groups is 5. The molecule has 0 bridgehead atoms. The Kier molecular flexibility index (Phi) is 12.3. The maximum absolute atomic E-state index is 14.3. The summed E-state index contributed by atoms with van der Waals surface area (Å²) in [7, 11) is 0. The molecule has 0 radical (unpaired) electrons. The number of aliphatic carboxylic acids is 1. The standard InChI is InChI=1S/C54H80N4O8/c1-31(2)43-38(60)27-54(28-42(61)56-30-48(3,4)57-45(62)37-14-12-32(29-55-37)58-24-18-33(59)19-25-58)23-22-52(10)34(44(43)54)13-15-40-51(9)20-17-41(50(7,8)39(51)16-21-53(40,52)11)66-47(65)36-26-35(46(63)64)49(36,5)6/h12,14,29,31,33-36,39-41,59H,13,15-28,30H2,1-11H3,(H,56,61)(H,57,62)(H,63,64)/t34-,35+,36-,39+,40-,41+,51+,52-,53-,54+/m1/s1. The number of pyridine rings is 1. The summed E-state index contributed by atoms with van der Waals surface area (Å²) in [4.78, 5) is 74.0. The van der Waals surface area contributed by atoms with Crippen molar-refractivity contribution in [2.45, 2.75) is 177 Å². The number of hydrogen-bond donors (Lipinski definition) is 4. The van der Waals surface area contributed by atoms with Gasteiger partial charge in [-0.3, -0.25) is 24.0 Å². The number of rotatable bonds is 11. The Morgan fingerprint density at radius 2 is 1.56 bits per heavy atom. The number of nitrogens with one attached hydrogen (secondary N) is 2. The zero-order chi connectivity index (χ0) is 48.2. The Hall–Kier alpha value is -3.80. The molecule has 0 unspecified atom stereocenters. The lowest BCUT2D eigenvalue weighted by Gasteiger charge is -2.72. The van der Waals surface area contributed by atoms with Crippen LogP contribution in [-0.4, -0.2) is 82.1 Å². The highest BCUT2D eigenvalue weighted by molar-refractivity contribution is 6.01. The molecule has 5 saturated carbocycles. The normalized spacial score (nSPS) is 37.2. The number of carboxylic acid groups (broad SMARTS) is 1. The summed E-state index contributed by atoms with van der Waals surface area (Å²) in [6.07, 6.45) is 11.2. The molecule has 12 heteroatoms. The molecule has 10 atom stereocenters. The van der Waals surface area contributed by atoms with Crippen LogP contribution in [0.15, 0.2) is 29.5 Å². The molecule has 1 aliphatic heterocycles. The van der Waals surface area contributed by atoms with Crippen molar-refractivity contribution in [3.63, 3.8) is 0 Å². The molecule has 8 rings (SSSR count). The number of aromatic nitrogens is 1. The third-order valence-electron chi connectivity index (χ3n) is 20.1. The summed E-state index contributed by atoms with van der Waals surface area (Å²) in [5.74, 6) is -1.17. The number of esters is 1. The molecule has 2 heterocycles. The molecule has 2 amide bonds. The second-order valence-corrected chi connectivity index (χ2v) is 25.2. The van der Waals surface area contributed by atoms with Gasteiger partial charge in [-0.25, -0.2) is 4.98 Å². The van der Waals surface area contributed by atoms with Crippen molar-refractivity contribution >= 4 is 35.2 Å². The SMILES string of the molecule is CC(C)C1=C2[C@H]3CC[C@@H]4[C@@]5(C)CC[C@H](OC(=O)[C@H]6C[C@@H](C(=O)O)C6(C)C)C(C)(C)[C@@H]5CC[C@@]4(C)[C@]3(C)CC[C@@]2(CC(=O)NCC(C)(C)NC(=O)c2ccc(N3CCC(O)CC3)cn2)CC1=O. The number of piperidine rings is 1. The number of amides is 2. The van der Waals surface area contributed by atoms with Gasteiger partial charge in [-0.2, -0.15) is 0 Å². The molecule has 1 saturated heterocycles. The number of ether oxygens (including phenoxy) is 1. The summed E-state index contributed by atoms with van der Waals surface area (Å²) in [5.41, 5.74) is 1.26. The van der Waals surface area contributed by atoms with E-state index in [0.29, 0.717) is 43.2 Å². The molecule has 364 valence electrons. The van der Waals surface area contributed by atoms with Crippen LogP contribution in [0.5, 0.6) is 0 Å². The monoisotopic (exact) mass is 913 g/mol. The number of aliphatic hydroxyl groups excluding tert-OH is 1. The first-order valence-electron chi connectivity index (χ1n) is 25.4. The number of hydrogen-bond acceptors (Lipinski definition) is 9. The largest absolute Gasteiger partial charge is 0.481 e. The Labute approximate surface area is 393 Å². The average molecular weight is 913 g/mol. The lowest BCUT2D eigenvalue weighted by molar-refractivity contribution is -0.236. The van der Waals surface area contributed by atoms with Crippen molar-refractivity contribution in [2.75, 3.05) is 24.5 Å². The quantitative estimate of drug-likeness (QED) is 0.157. The molecule has 6 fully saturated rings. The predicted octanol–water partition coefficient (Wildman–Crippen LogP) is 8.70. The molecule has 0 aromatic carbocycles. The average Bonchev–Trinajstić information content (AvgIpc) is 3.52. The molecule has 6 aliphatic carbocycles. The van der Waals surface area contributed by atoms with Crippen LogP contribution in [0.1, 0.15) is 170 Å². The van der Waals surface area contributed by atoms with E-state index >= 15 is 0 Å². The van der Waals surface area contributed by atoms with Gasteiger partial charge in [-0.05, 0) is 148 Å². The molecule has 66 heavy (non-hydrogen) atoms. The second-order valence-electron chi connectivity index (χ2n) is 25.2. The van der Waals surface area contributed by atoms with Gasteiger partial charge in [-0.1, -0.05) is 67.9 Å². The Morgan fingerprint density at radius 1 is 0.864 bits per heavy atom. The zero-order valence-corrected chi connectivity index (χ0v) is 41.9. The Balaban J connectivity index is 0.948. The first-order chi connectivity index (χ1) is 30.7. The molecule has 12 nitrogen and oxygen atoms in total. The van der Waals surface area contributed by atoms with Crippen LogP contribution in [0, 0.1) is 68.0 Å². The van der Waals surface area contributed by atoms with Crippen molar-refractivity contribution in [1.82, 2.24) is 15.6 Å². The van der Waals surface area contributed by atoms with Gasteiger partial charge in [0.1, 0.15) is 11.8 Å². The van der Waals surface area contributed by atoms with Crippen molar-refractivity contribution < 1.29 is 38.9 Å². The lowest BCUT2D eigenvalue weighted by atomic mass is 9.33. The van der Waals surface area contributed by atoms with Crippen LogP contribution >= 0.6 is 0 Å². The van der Waals surface area contributed by atoms with E-state index in [1.54, 1.807) is 12.3 Å². The predicted molar refractivity (Wildman–Crippen MR) is 253 cm³/mol. The van der Waals surface area contributed by atoms with Crippen molar-refractivity contribution in [3.8, 4) is 0 Å². The van der Waals surface area contributed by atoms with Crippen molar-refractivity contribution in [2.24, 2.45) is 68.0 Å². The van der Waals surface area contributed by atoms with Crippen molar-refractivity contribution in [3.05, 3.63) is 35.2 Å². The number of carboxylic acids is 1. The van der Waals surface area contributed by atoms with E-state index in [9.17, 15) is 34.2 Å². The van der Waals surface area contributed by atoms with Crippen LogP contribution in [-0.2, 0) is 23.9 Å². The summed E-state index contributed by atoms with van der Waals surface area (Å²) >= 11 is 0. The third-order valence-corrected chi connectivity index (χ3v) is 20.1. The van der Waals surface area contributed by atoms with Gasteiger partial charge < -0.3 is 30.5 Å². The second kappa shape index (κ2) is 16.7. The van der Waals surface area contributed by atoms with E-state index in [1.165, 1.54) is 5.57 Å². The van der Waals surface area contributed by atoms with Gasteiger partial charge in [0, 0.05) is 43.3 Å². The number of ketones is 1. The fraction of sp³-hybridized carbons (Fsp3) is 0.778. The maximum atomic E-state index is 14.3. The number of anilines is 1. The van der Waals surface area contributed by atoms with E-state index in [-0.39, 0.29) is 82.2 Å². The minimum atomic E-state index is -0.843. The van der Waals surface area contributed by atoms with E-state index in [0.717, 1.165) is 75.7 Å². The fourth-order valence-corrected chi connectivity index (χ4v) is 16.0. The molecular weight excluding hydrogens is 833 g/mol. The minimum absolute atomic E-state index is 0.00617. The highest BCUT2D eigenvalue weighted by Gasteiger charge is 2.70. The molecule has 1 aromatic heterocycles. The van der Waals surface area contributed by atoms with Crippen LogP contribution in [0.3, 0.4) is 0 Å². The molecule has 0 spiro atoms. The van der Waals surface area contributed by atoms with E-state index in [2.05, 4.69) is 69.0 Å². The minimum Gasteiger partial charge on any atom is -0.481 e. The maximum Gasteiger partial charge on any atom is 0.309 e.